The average molecular weight is 282 g/mol. The molecule has 0 spiro atoms. The molecule has 1 aromatic rings. The molecule has 7 heteroatoms. The average Bonchev–Trinajstić information content (AvgIpc) is 2.40. The molecule has 0 bridgehead atoms. The third-order valence-electron chi connectivity index (χ3n) is 2.89. The van der Waals surface area contributed by atoms with Gasteiger partial charge in [0.15, 0.2) is 5.60 Å². The van der Waals surface area contributed by atoms with Gasteiger partial charge in [0.25, 0.3) is 0 Å². The summed E-state index contributed by atoms with van der Waals surface area (Å²) in [6, 6.07) is 2.95. The summed E-state index contributed by atoms with van der Waals surface area (Å²) in [4.78, 5) is 15.3. The van der Waals surface area contributed by atoms with Crippen LogP contribution in [0.3, 0.4) is 0 Å². The zero-order valence-corrected chi connectivity index (χ0v) is 11.3. The third-order valence-corrected chi connectivity index (χ3v) is 4.52. The largest absolute Gasteiger partial charge is 0.543 e. The van der Waals surface area contributed by atoms with Crippen molar-refractivity contribution in [2.75, 3.05) is 7.11 Å². The van der Waals surface area contributed by atoms with Gasteiger partial charge in [0.2, 0.25) is 0 Å². The Labute approximate surface area is 111 Å². The molecule has 3 unspecified atom stereocenters. The number of carbonyl (C=O) groups is 1. The van der Waals surface area contributed by atoms with Crippen LogP contribution in [0, 0.1) is 12.3 Å². The molecule has 100 valence electrons. The molecule has 0 amide bonds. The Morgan fingerprint density at radius 1 is 1.63 bits per heavy atom. The van der Waals surface area contributed by atoms with Crippen molar-refractivity contribution in [1.82, 2.24) is 4.98 Å². The first-order chi connectivity index (χ1) is 8.84. The van der Waals surface area contributed by atoms with Crippen LogP contribution in [0.5, 0.6) is 0 Å². The smallest absolute Gasteiger partial charge is 0.477 e. The summed E-state index contributed by atoms with van der Waals surface area (Å²) < 4.78 is 16.5. The fourth-order valence-corrected chi connectivity index (χ4v) is 2.74. The van der Waals surface area contributed by atoms with Crippen molar-refractivity contribution in [2.45, 2.75) is 17.7 Å². The summed E-state index contributed by atoms with van der Waals surface area (Å²) in [6.07, 6.45) is 7.94. The van der Waals surface area contributed by atoms with Crippen LogP contribution in [0.4, 0.5) is 0 Å². The molecule has 0 aromatic carbocycles. The molecule has 0 saturated carbocycles. The number of nitrogens with zero attached hydrogens (tertiary/aromatic N) is 1. The van der Waals surface area contributed by atoms with Crippen LogP contribution in [0.25, 0.3) is 0 Å². The van der Waals surface area contributed by atoms with Gasteiger partial charge in [-0.15, -0.1) is 10.9 Å². The first-order valence-corrected chi connectivity index (χ1v) is 6.37. The summed E-state index contributed by atoms with van der Waals surface area (Å²) in [7, 11) is -1.78. The van der Waals surface area contributed by atoms with Crippen molar-refractivity contribution in [1.29, 1.82) is 0 Å². The van der Waals surface area contributed by atoms with Gasteiger partial charge in [0.05, 0.1) is 7.11 Å². The highest BCUT2D eigenvalue weighted by Gasteiger charge is 2.70. The highest BCUT2D eigenvalue weighted by molar-refractivity contribution is 7.43. The number of aliphatic carboxylic acids is 1. The molecule has 1 aromatic heterocycles. The molecule has 1 heterocycles. The van der Waals surface area contributed by atoms with E-state index >= 15 is 0 Å². The molecule has 1 rings (SSSR count). The van der Waals surface area contributed by atoms with Gasteiger partial charge in [-0.3, -0.25) is 4.98 Å². The molecule has 0 aliphatic heterocycles. The Balaban J connectivity index is 3.54. The standard InChI is InChI=1S/C12H12NO5P/c1-4-12(10(14)15,19(17)18-3)11(2,16)9-6-5-7-13-8-9/h1,5-8,16H,2-3H3/p+1. The first-order valence-electron chi connectivity index (χ1n) is 5.20. The second-order valence-corrected chi connectivity index (χ2v) is 5.46. The Kier molecular flexibility index (Phi) is 4.38. The monoisotopic (exact) mass is 282 g/mol. The minimum absolute atomic E-state index is 0.135. The molecule has 0 aliphatic rings. The number of carboxylic acids is 1. The lowest BCUT2D eigenvalue weighted by Gasteiger charge is -2.29. The van der Waals surface area contributed by atoms with Crippen molar-refractivity contribution in [2.24, 2.45) is 0 Å². The Morgan fingerprint density at radius 2 is 2.26 bits per heavy atom. The summed E-state index contributed by atoms with van der Waals surface area (Å²) >= 11 is 0. The molecule has 19 heavy (non-hydrogen) atoms. The van der Waals surface area contributed by atoms with Crippen molar-refractivity contribution in [3.63, 3.8) is 0 Å². The Morgan fingerprint density at radius 3 is 2.63 bits per heavy atom. The van der Waals surface area contributed by atoms with Gasteiger partial charge in [-0.2, -0.15) is 0 Å². The van der Waals surface area contributed by atoms with Gasteiger partial charge >= 0.3 is 19.2 Å². The van der Waals surface area contributed by atoms with Crippen LogP contribution in [0.1, 0.15) is 12.5 Å². The van der Waals surface area contributed by atoms with E-state index in [1.165, 1.54) is 31.5 Å². The number of carboxylic acid groups (broad SMARTS) is 1. The van der Waals surface area contributed by atoms with E-state index in [-0.39, 0.29) is 5.56 Å². The van der Waals surface area contributed by atoms with Crippen molar-refractivity contribution in [3.05, 3.63) is 30.1 Å². The van der Waals surface area contributed by atoms with Gasteiger partial charge in [-0.1, -0.05) is 6.07 Å². The molecule has 2 N–H and O–H groups in total. The molecule has 3 atom stereocenters. The molecular formula is C12H13NO5P+. The molecule has 0 radical (unpaired) electrons. The van der Waals surface area contributed by atoms with E-state index in [4.69, 9.17) is 6.42 Å². The lowest BCUT2D eigenvalue weighted by atomic mass is 9.83. The maximum atomic E-state index is 11.9. The summed E-state index contributed by atoms with van der Waals surface area (Å²) in [5.74, 6) is 0.314. The minimum atomic E-state index is -2.84. The predicted molar refractivity (Wildman–Crippen MR) is 67.6 cm³/mol. The van der Waals surface area contributed by atoms with Crippen LogP contribution >= 0.6 is 8.03 Å². The topological polar surface area (TPSA) is 96.7 Å². The van der Waals surface area contributed by atoms with Gasteiger partial charge in [-0.25, -0.2) is 4.79 Å². The van der Waals surface area contributed by atoms with E-state index < -0.39 is 24.8 Å². The van der Waals surface area contributed by atoms with Gasteiger partial charge in [-0.05, 0) is 23.5 Å². The van der Waals surface area contributed by atoms with Crippen LogP contribution in [-0.2, 0) is 19.5 Å². The third kappa shape index (κ3) is 2.24. The molecule has 0 fully saturated rings. The second-order valence-electron chi connectivity index (χ2n) is 3.91. The summed E-state index contributed by atoms with van der Waals surface area (Å²) in [5, 5.41) is 17.5. The van der Waals surface area contributed by atoms with E-state index in [0.29, 0.717) is 0 Å². The van der Waals surface area contributed by atoms with Crippen LogP contribution in [-0.4, -0.2) is 33.4 Å². The van der Waals surface area contributed by atoms with Gasteiger partial charge < -0.3 is 10.2 Å². The van der Waals surface area contributed by atoms with E-state index in [2.05, 4.69) is 9.51 Å². The van der Waals surface area contributed by atoms with Gasteiger partial charge in [0.1, 0.15) is 0 Å². The van der Waals surface area contributed by atoms with Crippen LogP contribution in [0.2, 0.25) is 0 Å². The Hall–Kier alpha value is -1.80. The van der Waals surface area contributed by atoms with Crippen LogP contribution in [0.15, 0.2) is 24.5 Å². The fraction of sp³-hybridized carbons (Fsp3) is 0.333. The minimum Gasteiger partial charge on any atom is -0.477 e. The predicted octanol–water partition coefficient (Wildman–Crippen LogP) is 1.13. The quantitative estimate of drug-likeness (QED) is 0.621. The number of aromatic nitrogens is 1. The highest BCUT2D eigenvalue weighted by Crippen LogP contribution is 2.51. The number of hydrogen-bond acceptors (Lipinski definition) is 5. The maximum Gasteiger partial charge on any atom is 0.543 e. The maximum absolute atomic E-state index is 11.9. The first kappa shape index (κ1) is 15.3. The lowest BCUT2D eigenvalue weighted by Crippen LogP contribution is -2.52. The number of pyridine rings is 1. The van der Waals surface area contributed by atoms with Crippen molar-refractivity contribution >= 4 is 14.0 Å². The van der Waals surface area contributed by atoms with E-state index in [9.17, 15) is 19.6 Å². The fourth-order valence-electron chi connectivity index (χ4n) is 1.72. The van der Waals surface area contributed by atoms with Crippen molar-refractivity contribution in [3.8, 4) is 12.3 Å². The zero-order chi connectivity index (χ0) is 14.7. The molecule has 0 aliphatic carbocycles. The second kappa shape index (κ2) is 5.45. The lowest BCUT2D eigenvalue weighted by molar-refractivity contribution is -0.145. The normalized spacial score (nSPS) is 17.7. The summed E-state index contributed by atoms with van der Waals surface area (Å²) in [6.45, 7) is 1.17. The number of terminal acetylenes is 1. The number of rotatable bonds is 5. The van der Waals surface area contributed by atoms with E-state index in [1.54, 1.807) is 0 Å². The summed E-state index contributed by atoms with van der Waals surface area (Å²) in [5.41, 5.74) is -1.97. The zero-order valence-electron chi connectivity index (χ0n) is 10.4. The molecular weight excluding hydrogens is 269 g/mol. The molecule has 6 nitrogen and oxygen atoms in total. The van der Waals surface area contributed by atoms with Gasteiger partial charge in [0, 0.05) is 18.0 Å². The number of hydrogen-bond donors (Lipinski definition) is 2. The SMILES string of the molecule is C#CC(C(=O)O)([P+](=O)OC)C(C)(O)c1cccnc1. The molecule has 0 saturated heterocycles. The van der Waals surface area contributed by atoms with Crippen molar-refractivity contribution < 1.29 is 24.1 Å². The number of aliphatic hydroxyl groups is 1. The van der Waals surface area contributed by atoms with E-state index in [0.717, 1.165) is 7.11 Å². The van der Waals surface area contributed by atoms with E-state index in [1.807, 2.05) is 5.92 Å². The Bertz CT molecular complexity index is 537. The highest BCUT2D eigenvalue weighted by atomic mass is 31.1. The van der Waals surface area contributed by atoms with Crippen LogP contribution < -0.4 is 0 Å².